The fraction of sp³-hybridized carbons (Fsp3) is 0.545. The van der Waals surface area contributed by atoms with Crippen LogP contribution in [0.4, 0.5) is 0 Å². The molecule has 1 aliphatic rings. The van der Waals surface area contributed by atoms with Gasteiger partial charge in [0.25, 0.3) is 0 Å². The second kappa shape index (κ2) is 3.48. The normalized spacial score (nSPS) is 26.7. The third-order valence-electron chi connectivity index (χ3n) is 2.94. The highest BCUT2D eigenvalue weighted by molar-refractivity contribution is 7.12. The molecule has 2 nitrogen and oxygen atoms in total. The Bertz CT molecular complexity index is 350. The third kappa shape index (κ3) is 1.51. The first kappa shape index (κ1) is 9.87. The van der Waals surface area contributed by atoms with Crippen LogP contribution >= 0.6 is 11.3 Å². The lowest BCUT2D eigenvalue weighted by Gasteiger charge is -2.22. The summed E-state index contributed by atoms with van der Waals surface area (Å²) in [4.78, 5) is 13.1. The molecule has 0 amide bonds. The van der Waals surface area contributed by atoms with Crippen LogP contribution in [0.2, 0.25) is 0 Å². The molecule has 1 aromatic heterocycles. The molecule has 0 radical (unpaired) electrons. The minimum atomic E-state index is -0.310. The summed E-state index contributed by atoms with van der Waals surface area (Å²) in [5.41, 5.74) is 0.797. The van der Waals surface area contributed by atoms with Gasteiger partial charge in [0.05, 0.1) is 10.4 Å². The monoisotopic (exact) mass is 209 g/mol. The second-order valence-electron chi connectivity index (χ2n) is 4.12. The molecule has 0 aliphatic carbocycles. The van der Waals surface area contributed by atoms with Crippen LogP contribution in [-0.2, 0) is 0 Å². The summed E-state index contributed by atoms with van der Waals surface area (Å²) < 4.78 is 0. The van der Waals surface area contributed by atoms with Crippen molar-refractivity contribution < 1.29 is 4.79 Å². The average molecular weight is 209 g/mol. The number of ketones is 1. The molecular weight excluding hydrogens is 194 g/mol. The SMILES string of the molecule is Cc1ccsc1C(=O)C1(C)CCCN1. The van der Waals surface area contributed by atoms with Crippen molar-refractivity contribution in [3.8, 4) is 0 Å². The Morgan fingerprint density at radius 2 is 2.43 bits per heavy atom. The van der Waals surface area contributed by atoms with Crippen molar-refractivity contribution >= 4 is 17.1 Å². The quantitative estimate of drug-likeness (QED) is 0.758. The molecule has 1 atom stereocenters. The first-order valence-corrected chi connectivity index (χ1v) is 5.85. The van der Waals surface area contributed by atoms with E-state index < -0.39 is 0 Å². The molecule has 1 unspecified atom stereocenters. The van der Waals surface area contributed by atoms with Gasteiger partial charge in [-0.3, -0.25) is 4.79 Å². The number of carbonyl (C=O) groups is 1. The van der Waals surface area contributed by atoms with E-state index in [-0.39, 0.29) is 11.3 Å². The number of nitrogens with one attached hydrogen (secondary N) is 1. The van der Waals surface area contributed by atoms with Crippen LogP contribution < -0.4 is 5.32 Å². The predicted molar refractivity (Wildman–Crippen MR) is 59.0 cm³/mol. The number of aryl methyl sites for hydroxylation is 1. The Balaban J connectivity index is 2.28. The largest absolute Gasteiger partial charge is 0.305 e. The second-order valence-corrected chi connectivity index (χ2v) is 5.04. The molecule has 1 N–H and O–H groups in total. The minimum absolute atomic E-state index is 0.266. The topological polar surface area (TPSA) is 29.1 Å². The van der Waals surface area contributed by atoms with E-state index in [1.807, 2.05) is 25.3 Å². The van der Waals surface area contributed by atoms with E-state index in [2.05, 4.69) is 5.32 Å². The number of Topliss-reactive ketones (excluding diaryl/α,β-unsaturated/α-hetero) is 1. The summed E-state index contributed by atoms with van der Waals surface area (Å²) in [5, 5.41) is 5.29. The molecule has 0 spiro atoms. The maximum atomic E-state index is 12.2. The smallest absolute Gasteiger partial charge is 0.192 e. The summed E-state index contributed by atoms with van der Waals surface area (Å²) in [5.74, 6) is 0.266. The van der Waals surface area contributed by atoms with Crippen LogP contribution in [0.1, 0.15) is 35.0 Å². The lowest BCUT2D eigenvalue weighted by atomic mass is 9.92. The fourth-order valence-corrected chi connectivity index (χ4v) is 2.94. The maximum Gasteiger partial charge on any atom is 0.192 e. The molecule has 3 heteroatoms. The Labute approximate surface area is 88.3 Å². The summed E-state index contributed by atoms with van der Waals surface area (Å²) >= 11 is 1.55. The molecule has 14 heavy (non-hydrogen) atoms. The van der Waals surface area contributed by atoms with E-state index in [1.54, 1.807) is 11.3 Å². The highest BCUT2D eigenvalue weighted by Crippen LogP contribution is 2.27. The Morgan fingerprint density at radius 1 is 1.64 bits per heavy atom. The summed E-state index contributed by atoms with van der Waals surface area (Å²) in [6, 6.07) is 2.01. The molecule has 1 aliphatic heterocycles. The van der Waals surface area contributed by atoms with E-state index in [1.165, 1.54) is 0 Å². The van der Waals surface area contributed by atoms with Gasteiger partial charge in [-0.1, -0.05) is 0 Å². The van der Waals surface area contributed by atoms with E-state index in [4.69, 9.17) is 0 Å². The first-order chi connectivity index (χ1) is 6.63. The maximum absolute atomic E-state index is 12.2. The number of thiophene rings is 1. The zero-order valence-corrected chi connectivity index (χ0v) is 9.41. The van der Waals surface area contributed by atoms with Gasteiger partial charge in [0.15, 0.2) is 5.78 Å². The number of carbonyl (C=O) groups excluding carboxylic acids is 1. The van der Waals surface area contributed by atoms with E-state index in [0.717, 1.165) is 29.8 Å². The van der Waals surface area contributed by atoms with Crippen molar-refractivity contribution in [3.05, 3.63) is 21.9 Å². The van der Waals surface area contributed by atoms with E-state index >= 15 is 0 Å². The van der Waals surface area contributed by atoms with Gasteiger partial charge in [0, 0.05) is 0 Å². The van der Waals surface area contributed by atoms with E-state index in [0.29, 0.717) is 0 Å². The van der Waals surface area contributed by atoms with Crippen LogP contribution in [-0.4, -0.2) is 17.9 Å². The molecule has 1 aromatic rings. The lowest BCUT2D eigenvalue weighted by molar-refractivity contribution is 0.0888. The van der Waals surface area contributed by atoms with Gasteiger partial charge in [0.2, 0.25) is 0 Å². The van der Waals surface area contributed by atoms with Crippen molar-refractivity contribution in [2.45, 2.75) is 32.2 Å². The third-order valence-corrected chi connectivity index (χ3v) is 3.95. The number of hydrogen-bond donors (Lipinski definition) is 1. The summed E-state index contributed by atoms with van der Waals surface area (Å²) in [6.45, 7) is 4.98. The van der Waals surface area contributed by atoms with Gasteiger partial charge in [-0.25, -0.2) is 0 Å². The molecule has 1 fully saturated rings. The van der Waals surface area contributed by atoms with Gasteiger partial charge in [-0.15, -0.1) is 11.3 Å². The first-order valence-electron chi connectivity index (χ1n) is 4.97. The molecule has 2 rings (SSSR count). The van der Waals surface area contributed by atoms with Crippen molar-refractivity contribution in [2.75, 3.05) is 6.54 Å². The van der Waals surface area contributed by atoms with Crippen molar-refractivity contribution in [1.82, 2.24) is 5.32 Å². The zero-order valence-electron chi connectivity index (χ0n) is 8.59. The highest BCUT2D eigenvalue weighted by Gasteiger charge is 2.37. The minimum Gasteiger partial charge on any atom is -0.305 e. The van der Waals surface area contributed by atoms with Gasteiger partial charge >= 0.3 is 0 Å². The predicted octanol–water partition coefficient (Wildman–Crippen LogP) is 2.38. The Hall–Kier alpha value is -0.670. The standard InChI is InChI=1S/C11H15NOS/c1-8-4-7-14-9(8)10(13)11(2)5-3-6-12-11/h4,7,12H,3,5-6H2,1-2H3. The van der Waals surface area contributed by atoms with Crippen LogP contribution in [0.3, 0.4) is 0 Å². The van der Waals surface area contributed by atoms with Gasteiger partial charge < -0.3 is 5.32 Å². The van der Waals surface area contributed by atoms with Crippen LogP contribution in [0.5, 0.6) is 0 Å². The molecule has 0 saturated carbocycles. The zero-order chi connectivity index (χ0) is 10.2. The molecule has 0 bridgehead atoms. The fourth-order valence-electron chi connectivity index (χ4n) is 1.94. The Morgan fingerprint density at radius 3 is 2.93 bits per heavy atom. The molecule has 1 saturated heterocycles. The number of rotatable bonds is 2. The van der Waals surface area contributed by atoms with E-state index in [9.17, 15) is 4.79 Å². The highest BCUT2D eigenvalue weighted by atomic mass is 32.1. The lowest BCUT2D eigenvalue weighted by Crippen LogP contribution is -2.44. The molecule has 2 heterocycles. The van der Waals surface area contributed by atoms with Gasteiger partial charge in [-0.2, -0.15) is 0 Å². The molecule has 0 aromatic carbocycles. The molecule has 76 valence electrons. The van der Waals surface area contributed by atoms with Crippen molar-refractivity contribution in [2.24, 2.45) is 0 Å². The summed E-state index contributed by atoms with van der Waals surface area (Å²) in [7, 11) is 0. The number of hydrogen-bond acceptors (Lipinski definition) is 3. The van der Waals surface area contributed by atoms with Crippen molar-refractivity contribution in [3.63, 3.8) is 0 Å². The summed E-state index contributed by atoms with van der Waals surface area (Å²) in [6.07, 6.45) is 2.07. The molecular formula is C11H15NOS. The average Bonchev–Trinajstić information content (AvgIpc) is 2.74. The van der Waals surface area contributed by atoms with Crippen LogP contribution in [0.25, 0.3) is 0 Å². The van der Waals surface area contributed by atoms with Gasteiger partial charge in [0.1, 0.15) is 0 Å². The van der Waals surface area contributed by atoms with Gasteiger partial charge in [-0.05, 0) is 50.2 Å². The Kier molecular flexibility index (Phi) is 2.45. The van der Waals surface area contributed by atoms with Crippen molar-refractivity contribution in [1.29, 1.82) is 0 Å². The van der Waals surface area contributed by atoms with Crippen LogP contribution in [0.15, 0.2) is 11.4 Å². The van der Waals surface area contributed by atoms with Crippen LogP contribution in [0, 0.1) is 6.92 Å².